The molecule has 0 fully saturated rings. The van der Waals surface area contributed by atoms with Gasteiger partial charge in [-0.1, -0.05) is 97.3 Å². The van der Waals surface area contributed by atoms with Crippen LogP contribution < -0.4 is 0 Å². The van der Waals surface area contributed by atoms with Gasteiger partial charge >= 0.3 is 0 Å². The van der Waals surface area contributed by atoms with E-state index in [2.05, 4.69) is 60.5 Å². The summed E-state index contributed by atoms with van der Waals surface area (Å²) in [5.74, 6) is 5.64. The maximum atomic E-state index is 2.53. The molecule has 1 heteroatoms. The van der Waals surface area contributed by atoms with Crippen LogP contribution >= 0.6 is 0 Å². The third kappa shape index (κ3) is 7.85. The van der Waals surface area contributed by atoms with Gasteiger partial charge in [-0.2, -0.15) is 0 Å². The van der Waals surface area contributed by atoms with Crippen LogP contribution in [-0.2, 0) is 0 Å². The first-order chi connectivity index (χ1) is 8.91. The van der Waals surface area contributed by atoms with Crippen molar-refractivity contribution in [3.63, 3.8) is 0 Å². The molecule has 0 aromatic carbocycles. The first kappa shape index (κ1) is 18.8. The summed E-state index contributed by atoms with van der Waals surface area (Å²) >= 11 is 0. The normalized spacial score (nSPS) is 15.4. The average Bonchev–Trinajstić information content (AvgIpc) is 2.36. The lowest BCUT2D eigenvalue weighted by atomic mass is 9.31. The number of allylic oxidation sites excluding steroid dienone is 1. The fourth-order valence-electron chi connectivity index (χ4n) is 2.66. The van der Waals surface area contributed by atoms with Crippen molar-refractivity contribution in [3.8, 4) is 0 Å². The largest absolute Gasteiger partial charge is 0.172 e. The van der Waals surface area contributed by atoms with Crippen molar-refractivity contribution >= 4 is 6.71 Å². The van der Waals surface area contributed by atoms with Crippen LogP contribution in [0.4, 0.5) is 0 Å². The van der Waals surface area contributed by atoms with Gasteiger partial charge in [0.05, 0.1) is 0 Å². The van der Waals surface area contributed by atoms with E-state index >= 15 is 0 Å². The van der Waals surface area contributed by atoms with Gasteiger partial charge in [-0.3, -0.25) is 0 Å². The summed E-state index contributed by atoms with van der Waals surface area (Å²) in [5.41, 5.74) is 0. The Morgan fingerprint density at radius 3 is 1.74 bits per heavy atom. The molecule has 0 spiro atoms. The second-order valence-corrected chi connectivity index (χ2v) is 7.06. The van der Waals surface area contributed by atoms with Crippen LogP contribution in [0.2, 0.25) is 11.6 Å². The van der Waals surface area contributed by atoms with Crippen LogP contribution in [-0.4, -0.2) is 6.71 Å². The molecule has 2 atom stereocenters. The minimum absolute atomic E-state index is 0.742. The van der Waals surface area contributed by atoms with Gasteiger partial charge in [-0.25, -0.2) is 0 Å². The van der Waals surface area contributed by atoms with Crippen molar-refractivity contribution in [2.75, 3.05) is 0 Å². The molecule has 0 rings (SSSR count). The summed E-state index contributed by atoms with van der Waals surface area (Å²) < 4.78 is 0. The highest BCUT2D eigenvalue weighted by Crippen LogP contribution is 2.33. The monoisotopic (exact) mass is 264 g/mol. The summed E-state index contributed by atoms with van der Waals surface area (Å²) in [6.07, 6.45) is 9.21. The van der Waals surface area contributed by atoms with Gasteiger partial charge in [0.1, 0.15) is 0 Å². The molecule has 19 heavy (non-hydrogen) atoms. The predicted octanol–water partition coefficient (Wildman–Crippen LogP) is 6.64. The fourth-order valence-corrected chi connectivity index (χ4v) is 2.66. The zero-order valence-electron chi connectivity index (χ0n) is 14.6. The van der Waals surface area contributed by atoms with E-state index in [1.165, 1.54) is 32.1 Å². The summed E-state index contributed by atoms with van der Waals surface area (Å²) in [6.45, 7) is 17.3. The van der Waals surface area contributed by atoms with E-state index in [0.717, 1.165) is 30.2 Å². The topological polar surface area (TPSA) is 0 Å². The van der Waals surface area contributed by atoms with Crippen LogP contribution in [0.15, 0.2) is 12.1 Å². The Morgan fingerprint density at radius 1 is 0.789 bits per heavy atom. The molecular formula is C18H37B. The standard InChI is InChI=1S/C18H37B/c1-8-9-10-11-12-13-14-19(17(6)15(2)3)18(7)16(4)5/h13-18H,8-12H2,1-7H3/b14-13-. The van der Waals surface area contributed by atoms with E-state index < -0.39 is 0 Å². The zero-order chi connectivity index (χ0) is 14.8. The molecule has 0 N–H and O–H groups in total. The van der Waals surface area contributed by atoms with Gasteiger partial charge in [0.15, 0.2) is 6.71 Å². The maximum absolute atomic E-state index is 2.53. The molecule has 0 bridgehead atoms. The molecule has 0 aromatic rings. The Balaban J connectivity index is 4.38. The Hall–Kier alpha value is -0.195. The summed E-state index contributed by atoms with van der Waals surface area (Å²) in [5, 5.41) is 0. The van der Waals surface area contributed by atoms with E-state index in [1.807, 2.05) is 0 Å². The number of rotatable bonds is 10. The van der Waals surface area contributed by atoms with E-state index in [1.54, 1.807) is 0 Å². The van der Waals surface area contributed by atoms with Crippen LogP contribution in [0.3, 0.4) is 0 Å². The maximum Gasteiger partial charge on any atom is 0.172 e. The number of unbranched alkanes of at least 4 members (excludes halogenated alkanes) is 4. The van der Waals surface area contributed by atoms with E-state index in [-0.39, 0.29) is 0 Å². The van der Waals surface area contributed by atoms with E-state index in [4.69, 9.17) is 0 Å². The van der Waals surface area contributed by atoms with Crippen molar-refractivity contribution in [2.45, 2.75) is 92.2 Å². The van der Waals surface area contributed by atoms with Crippen molar-refractivity contribution < 1.29 is 0 Å². The van der Waals surface area contributed by atoms with E-state index in [9.17, 15) is 0 Å². The highest BCUT2D eigenvalue weighted by Gasteiger charge is 2.28. The molecule has 0 saturated carbocycles. The van der Waals surface area contributed by atoms with Gasteiger partial charge in [-0.05, 0) is 12.8 Å². The lowest BCUT2D eigenvalue weighted by Gasteiger charge is -2.29. The van der Waals surface area contributed by atoms with Crippen LogP contribution in [0.1, 0.15) is 80.6 Å². The second kappa shape index (κ2) is 10.6. The Kier molecular flexibility index (Phi) is 10.5. The predicted molar refractivity (Wildman–Crippen MR) is 92.2 cm³/mol. The fraction of sp³-hybridized carbons (Fsp3) is 0.889. The lowest BCUT2D eigenvalue weighted by molar-refractivity contribution is 0.566. The third-order valence-electron chi connectivity index (χ3n) is 4.90. The van der Waals surface area contributed by atoms with Crippen molar-refractivity contribution in [1.29, 1.82) is 0 Å². The first-order valence-electron chi connectivity index (χ1n) is 8.58. The summed E-state index contributed by atoms with van der Waals surface area (Å²) in [7, 11) is 0. The Bertz CT molecular complexity index is 216. The molecule has 0 saturated heterocycles. The molecule has 0 heterocycles. The highest BCUT2D eigenvalue weighted by atomic mass is 14.1. The van der Waals surface area contributed by atoms with Gasteiger partial charge in [0.25, 0.3) is 0 Å². The highest BCUT2D eigenvalue weighted by molar-refractivity contribution is 6.67. The van der Waals surface area contributed by atoms with Crippen LogP contribution in [0.25, 0.3) is 0 Å². The number of hydrogen-bond acceptors (Lipinski definition) is 0. The van der Waals surface area contributed by atoms with Gasteiger partial charge in [0, 0.05) is 0 Å². The lowest BCUT2D eigenvalue weighted by Crippen LogP contribution is -2.28. The molecule has 0 amide bonds. The summed E-state index contributed by atoms with van der Waals surface area (Å²) in [4.78, 5) is 0. The molecular weight excluding hydrogens is 227 g/mol. The van der Waals surface area contributed by atoms with Crippen molar-refractivity contribution in [2.24, 2.45) is 11.8 Å². The molecule has 112 valence electrons. The van der Waals surface area contributed by atoms with Crippen LogP contribution in [0, 0.1) is 11.8 Å². The third-order valence-corrected chi connectivity index (χ3v) is 4.90. The smallest absolute Gasteiger partial charge is 0.118 e. The molecule has 0 aliphatic rings. The molecule has 0 aliphatic heterocycles. The van der Waals surface area contributed by atoms with Gasteiger partial charge in [0.2, 0.25) is 0 Å². The second-order valence-electron chi connectivity index (χ2n) is 7.06. The minimum Gasteiger partial charge on any atom is -0.118 e. The zero-order valence-corrected chi connectivity index (χ0v) is 14.6. The summed E-state index contributed by atoms with van der Waals surface area (Å²) in [6, 6.07) is 0. The van der Waals surface area contributed by atoms with Crippen LogP contribution in [0.5, 0.6) is 0 Å². The average molecular weight is 264 g/mol. The SMILES string of the molecule is CCCCCC/C=C\B(C(C)C(C)C)C(C)C(C)C. The Morgan fingerprint density at radius 2 is 1.32 bits per heavy atom. The van der Waals surface area contributed by atoms with Crippen molar-refractivity contribution in [1.82, 2.24) is 0 Å². The van der Waals surface area contributed by atoms with Crippen molar-refractivity contribution in [3.05, 3.63) is 12.1 Å². The molecule has 0 nitrogen and oxygen atoms in total. The first-order valence-corrected chi connectivity index (χ1v) is 8.58. The molecule has 0 radical (unpaired) electrons. The molecule has 0 aromatic heterocycles. The number of hydrogen-bond donors (Lipinski definition) is 0. The quantitative estimate of drug-likeness (QED) is 0.306. The minimum atomic E-state index is 0.742. The Labute approximate surface area is 123 Å². The molecule has 2 unspecified atom stereocenters. The van der Waals surface area contributed by atoms with Gasteiger partial charge < -0.3 is 0 Å². The molecule has 0 aliphatic carbocycles. The van der Waals surface area contributed by atoms with E-state index in [0.29, 0.717) is 0 Å². The van der Waals surface area contributed by atoms with Gasteiger partial charge in [-0.15, -0.1) is 5.98 Å².